The summed E-state index contributed by atoms with van der Waals surface area (Å²) in [7, 11) is 0. The summed E-state index contributed by atoms with van der Waals surface area (Å²) >= 11 is 3.45. The molecule has 1 aromatic rings. The van der Waals surface area contributed by atoms with E-state index >= 15 is 0 Å². The van der Waals surface area contributed by atoms with Crippen molar-refractivity contribution < 1.29 is 9.90 Å². The molecule has 0 aliphatic heterocycles. The molecule has 90 valence electrons. The second-order valence-electron chi connectivity index (χ2n) is 3.70. The molecule has 0 saturated carbocycles. The van der Waals surface area contributed by atoms with Crippen LogP contribution in [0, 0.1) is 6.92 Å². The number of nitrogens with zero attached hydrogens (tertiary/aromatic N) is 2. The molecule has 0 fully saturated rings. The largest absolute Gasteiger partial charge is 0.396 e. The smallest absolute Gasteiger partial charge is 0.138 e. The number of carbonyl (C=O) groups is 1. The number of carbonyl (C=O) groups excluding carboxylic acids is 1. The van der Waals surface area contributed by atoms with E-state index in [-0.39, 0.29) is 12.4 Å². The van der Waals surface area contributed by atoms with Crippen LogP contribution in [0.4, 0.5) is 0 Å². The van der Waals surface area contributed by atoms with Crippen LogP contribution in [0.15, 0.2) is 4.47 Å². The molecule has 0 aliphatic rings. The maximum atomic E-state index is 11.6. The third-order valence-corrected chi connectivity index (χ3v) is 3.46. The normalized spacial score (nSPS) is 10.8. The number of aromatic nitrogens is 2. The van der Waals surface area contributed by atoms with Gasteiger partial charge >= 0.3 is 0 Å². The van der Waals surface area contributed by atoms with Gasteiger partial charge < -0.3 is 5.11 Å². The molecule has 0 unspecified atom stereocenters. The SMILES string of the molecule is CCn1nc(C)c(Br)c1CC(=O)CCCO. The Morgan fingerprint density at radius 2 is 2.25 bits per heavy atom. The van der Waals surface area contributed by atoms with Gasteiger partial charge in [-0.25, -0.2) is 0 Å². The van der Waals surface area contributed by atoms with Crippen LogP contribution in [-0.2, 0) is 17.8 Å². The molecular formula is C11H17BrN2O2. The van der Waals surface area contributed by atoms with Gasteiger partial charge in [0.2, 0.25) is 0 Å². The first-order chi connectivity index (χ1) is 7.60. The molecule has 0 aromatic carbocycles. The van der Waals surface area contributed by atoms with Crippen LogP contribution in [0.3, 0.4) is 0 Å². The lowest BCUT2D eigenvalue weighted by Gasteiger charge is -2.04. The molecule has 0 aliphatic carbocycles. The Bertz CT molecular complexity index is 374. The molecule has 0 spiro atoms. The summed E-state index contributed by atoms with van der Waals surface area (Å²) in [6, 6.07) is 0. The van der Waals surface area contributed by atoms with E-state index in [0.29, 0.717) is 19.3 Å². The Morgan fingerprint density at radius 3 is 2.81 bits per heavy atom. The molecule has 0 bridgehead atoms. The number of ketones is 1. The molecule has 5 heteroatoms. The number of halogens is 1. The first-order valence-electron chi connectivity index (χ1n) is 5.44. The maximum absolute atomic E-state index is 11.6. The number of hydrogen-bond acceptors (Lipinski definition) is 3. The summed E-state index contributed by atoms with van der Waals surface area (Å²) in [5.41, 5.74) is 1.84. The zero-order valence-electron chi connectivity index (χ0n) is 9.66. The number of rotatable bonds is 6. The van der Waals surface area contributed by atoms with Gasteiger partial charge in [0, 0.05) is 26.0 Å². The highest BCUT2D eigenvalue weighted by Gasteiger charge is 2.15. The Labute approximate surface area is 104 Å². The third-order valence-electron chi connectivity index (χ3n) is 2.43. The van der Waals surface area contributed by atoms with Gasteiger partial charge in [-0.3, -0.25) is 9.48 Å². The molecule has 4 nitrogen and oxygen atoms in total. The van der Waals surface area contributed by atoms with E-state index < -0.39 is 0 Å². The van der Waals surface area contributed by atoms with Gasteiger partial charge in [0.05, 0.1) is 15.9 Å². The number of hydrogen-bond donors (Lipinski definition) is 1. The van der Waals surface area contributed by atoms with E-state index in [4.69, 9.17) is 5.11 Å². The van der Waals surface area contributed by atoms with Crippen LogP contribution >= 0.6 is 15.9 Å². The fourth-order valence-electron chi connectivity index (χ4n) is 1.59. The molecule has 0 saturated heterocycles. The predicted octanol–water partition coefficient (Wildman–Crippen LogP) is 1.86. The lowest BCUT2D eigenvalue weighted by molar-refractivity contribution is -0.118. The second kappa shape index (κ2) is 6.15. The number of aliphatic hydroxyl groups excluding tert-OH is 1. The maximum Gasteiger partial charge on any atom is 0.138 e. The number of aryl methyl sites for hydroxylation is 2. The van der Waals surface area contributed by atoms with Gasteiger partial charge in [0.25, 0.3) is 0 Å². The molecule has 1 N–H and O–H groups in total. The van der Waals surface area contributed by atoms with Gasteiger partial charge in [-0.15, -0.1) is 0 Å². The Balaban J connectivity index is 2.75. The van der Waals surface area contributed by atoms with Gasteiger partial charge in [0.15, 0.2) is 0 Å². The average molecular weight is 289 g/mol. The van der Waals surface area contributed by atoms with E-state index in [2.05, 4.69) is 21.0 Å². The van der Waals surface area contributed by atoms with Gasteiger partial charge in [-0.05, 0) is 36.2 Å². The molecule has 16 heavy (non-hydrogen) atoms. The molecule has 1 rings (SSSR count). The minimum Gasteiger partial charge on any atom is -0.396 e. The summed E-state index contributed by atoms with van der Waals surface area (Å²) < 4.78 is 2.77. The van der Waals surface area contributed by atoms with Crippen molar-refractivity contribution >= 4 is 21.7 Å². The van der Waals surface area contributed by atoms with E-state index in [0.717, 1.165) is 22.4 Å². The van der Waals surface area contributed by atoms with Crippen molar-refractivity contribution in [1.82, 2.24) is 9.78 Å². The van der Waals surface area contributed by atoms with Gasteiger partial charge in [0.1, 0.15) is 5.78 Å². The van der Waals surface area contributed by atoms with Crippen LogP contribution in [0.25, 0.3) is 0 Å². The summed E-state index contributed by atoms with van der Waals surface area (Å²) in [6.07, 6.45) is 1.35. The fourth-order valence-corrected chi connectivity index (χ4v) is 2.01. The van der Waals surface area contributed by atoms with Crippen LogP contribution < -0.4 is 0 Å². The number of Topliss-reactive ketones (excluding diaryl/α,β-unsaturated/α-hetero) is 1. The van der Waals surface area contributed by atoms with Crippen molar-refractivity contribution in [3.63, 3.8) is 0 Å². The topological polar surface area (TPSA) is 55.1 Å². The third kappa shape index (κ3) is 3.15. The monoisotopic (exact) mass is 288 g/mol. The fraction of sp³-hybridized carbons (Fsp3) is 0.636. The van der Waals surface area contributed by atoms with Crippen molar-refractivity contribution in [3.8, 4) is 0 Å². The minimum atomic E-state index is 0.0684. The highest BCUT2D eigenvalue weighted by molar-refractivity contribution is 9.10. The molecule has 1 aromatic heterocycles. The zero-order valence-corrected chi connectivity index (χ0v) is 11.2. The molecule has 0 radical (unpaired) electrons. The quantitative estimate of drug-likeness (QED) is 0.869. The molecule has 1 heterocycles. The summed E-state index contributed by atoms with van der Waals surface area (Å²) in [5.74, 6) is 0.143. The van der Waals surface area contributed by atoms with Crippen molar-refractivity contribution in [3.05, 3.63) is 15.9 Å². The Kier molecular flexibility index (Phi) is 5.15. The summed E-state index contributed by atoms with van der Waals surface area (Å²) in [4.78, 5) is 11.6. The second-order valence-corrected chi connectivity index (χ2v) is 4.50. The summed E-state index contributed by atoms with van der Waals surface area (Å²) in [6.45, 7) is 4.74. The number of aliphatic hydroxyl groups is 1. The Morgan fingerprint density at radius 1 is 1.56 bits per heavy atom. The van der Waals surface area contributed by atoms with Crippen molar-refractivity contribution in [1.29, 1.82) is 0 Å². The van der Waals surface area contributed by atoms with E-state index in [1.165, 1.54) is 0 Å². The average Bonchev–Trinajstić information content (AvgIpc) is 2.54. The van der Waals surface area contributed by atoms with Crippen LogP contribution in [0.1, 0.15) is 31.2 Å². The lowest BCUT2D eigenvalue weighted by atomic mass is 10.1. The molecular weight excluding hydrogens is 272 g/mol. The van der Waals surface area contributed by atoms with Crippen LogP contribution in [0.5, 0.6) is 0 Å². The lowest BCUT2D eigenvalue weighted by Crippen LogP contribution is -2.10. The standard InChI is InChI=1S/C11H17BrN2O2/c1-3-14-10(11(12)8(2)13-14)7-9(16)5-4-6-15/h15H,3-7H2,1-2H3. The van der Waals surface area contributed by atoms with Crippen LogP contribution in [-0.4, -0.2) is 27.3 Å². The van der Waals surface area contributed by atoms with Crippen molar-refractivity contribution in [2.24, 2.45) is 0 Å². The minimum absolute atomic E-state index is 0.0684. The highest BCUT2D eigenvalue weighted by atomic mass is 79.9. The Hall–Kier alpha value is -0.680. The first kappa shape index (κ1) is 13.4. The molecule has 0 amide bonds. The van der Waals surface area contributed by atoms with E-state index in [1.807, 2.05) is 18.5 Å². The molecule has 0 atom stereocenters. The van der Waals surface area contributed by atoms with Gasteiger partial charge in [-0.1, -0.05) is 0 Å². The van der Waals surface area contributed by atoms with E-state index in [9.17, 15) is 4.79 Å². The predicted molar refractivity (Wildman–Crippen MR) is 65.4 cm³/mol. The van der Waals surface area contributed by atoms with Crippen molar-refractivity contribution in [2.75, 3.05) is 6.61 Å². The van der Waals surface area contributed by atoms with E-state index in [1.54, 1.807) is 0 Å². The highest BCUT2D eigenvalue weighted by Crippen LogP contribution is 2.22. The van der Waals surface area contributed by atoms with Crippen molar-refractivity contribution in [2.45, 2.75) is 39.7 Å². The first-order valence-corrected chi connectivity index (χ1v) is 6.23. The summed E-state index contributed by atoms with van der Waals surface area (Å²) in [5, 5.41) is 13.0. The van der Waals surface area contributed by atoms with Crippen LogP contribution in [0.2, 0.25) is 0 Å². The van der Waals surface area contributed by atoms with Gasteiger partial charge in [-0.2, -0.15) is 5.10 Å². The zero-order chi connectivity index (χ0) is 12.1.